The molecule has 1 aromatic heterocycles. The third kappa shape index (κ3) is 3.74. The van der Waals surface area contributed by atoms with Crippen molar-refractivity contribution in [2.24, 2.45) is 4.99 Å². The molecule has 29 heavy (non-hydrogen) atoms. The van der Waals surface area contributed by atoms with Gasteiger partial charge in [-0.1, -0.05) is 19.8 Å². The molecule has 2 atom stereocenters. The second-order valence-electron chi connectivity index (χ2n) is 9.77. The van der Waals surface area contributed by atoms with Crippen LogP contribution in [-0.4, -0.2) is 64.6 Å². The maximum absolute atomic E-state index is 5.51. The number of hydrogen-bond donors (Lipinski definition) is 0. The number of aromatic nitrogens is 3. The summed E-state index contributed by atoms with van der Waals surface area (Å²) in [4.78, 5) is 24.5. The number of fused-ring (bicyclic) bond motifs is 6. The summed E-state index contributed by atoms with van der Waals surface area (Å²) in [5, 5.41) is 0. The summed E-state index contributed by atoms with van der Waals surface area (Å²) in [5.74, 6) is 2.69. The summed E-state index contributed by atoms with van der Waals surface area (Å²) in [6.07, 6.45) is 7.93. The van der Waals surface area contributed by atoms with E-state index in [1.807, 2.05) is 0 Å². The van der Waals surface area contributed by atoms with Crippen LogP contribution >= 0.6 is 0 Å². The SMILES string of the molecule is CCCCCC=NC1CC(C)(C)N2c3nc(nc(N4CCOCC4)n3)C1C2(C)C. The molecule has 3 aliphatic heterocycles. The predicted octanol–water partition coefficient (Wildman–Crippen LogP) is 3.59. The molecule has 4 bridgehead atoms. The summed E-state index contributed by atoms with van der Waals surface area (Å²) < 4.78 is 5.51. The van der Waals surface area contributed by atoms with Crippen LogP contribution in [0.2, 0.25) is 0 Å². The molecule has 3 aliphatic rings. The van der Waals surface area contributed by atoms with Gasteiger partial charge in [-0.2, -0.15) is 15.0 Å². The van der Waals surface area contributed by atoms with Crippen molar-refractivity contribution in [3.8, 4) is 0 Å². The quantitative estimate of drug-likeness (QED) is 0.537. The molecule has 2 saturated heterocycles. The standard InChI is InChI=1S/C22H36N6O/c1-6-7-8-9-10-23-16-15-21(2,3)28-20-25-18(17(16)22(28,4)5)24-19(26-20)27-11-13-29-14-12-27/h10,16-17H,6-9,11-15H2,1-5H3. The summed E-state index contributed by atoms with van der Waals surface area (Å²) in [6, 6.07) is 0.200. The lowest BCUT2D eigenvalue weighted by atomic mass is 9.68. The smallest absolute Gasteiger partial charge is 0.231 e. The average Bonchev–Trinajstić information content (AvgIpc) is 2.66. The van der Waals surface area contributed by atoms with Crippen molar-refractivity contribution < 1.29 is 4.74 Å². The molecule has 0 N–H and O–H groups in total. The number of hydrogen-bond acceptors (Lipinski definition) is 7. The average molecular weight is 401 g/mol. The number of morpholine rings is 1. The van der Waals surface area contributed by atoms with Crippen molar-refractivity contribution in [2.45, 2.75) is 89.8 Å². The van der Waals surface area contributed by atoms with Crippen LogP contribution in [0.15, 0.2) is 4.99 Å². The molecule has 7 nitrogen and oxygen atoms in total. The van der Waals surface area contributed by atoms with Crippen LogP contribution in [-0.2, 0) is 4.74 Å². The first kappa shape index (κ1) is 20.5. The molecule has 2 unspecified atom stereocenters. The fourth-order valence-corrected chi connectivity index (χ4v) is 5.47. The van der Waals surface area contributed by atoms with Crippen LogP contribution < -0.4 is 9.80 Å². The van der Waals surface area contributed by atoms with Crippen LogP contribution in [0.4, 0.5) is 11.9 Å². The molecule has 7 heteroatoms. The molecular weight excluding hydrogens is 364 g/mol. The third-order valence-corrected chi connectivity index (χ3v) is 6.67. The molecule has 0 radical (unpaired) electrons. The largest absolute Gasteiger partial charge is 0.378 e. The lowest BCUT2D eigenvalue weighted by Gasteiger charge is -2.60. The highest BCUT2D eigenvalue weighted by Gasteiger charge is 2.57. The Morgan fingerprint density at radius 2 is 1.79 bits per heavy atom. The lowest BCUT2D eigenvalue weighted by molar-refractivity contribution is 0.121. The number of rotatable bonds is 6. The van der Waals surface area contributed by atoms with Crippen molar-refractivity contribution >= 4 is 18.1 Å². The van der Waals surface area contributed by atoms with Crippen molar-refractivity contribution in [2.75, 3.05) is 36.1 Å². The van der Waals surface area contributed by atoms with Gasteiger partial charge in [0.15, 0.2) is 0 Å². The topological polar surface area (TPSA) is 66.7 Å². The zero-order valence-electron chi connectivity index (χ0n) is 18.7. The zero-order chi connectivity index (χ0) is 20.6. The molecule has 0 amide bonds. The molecule has 0 saturated carbocycles. The van der Waals surface area contributed by atoms with Gasteiger partial charge in [-0.3, -0.25) is 4.99 Å². The number of ether oxygens (including phenoxy) is 1. The Kier molecular flexibility index (Phi) is 5.53. The minimum Gasteiger partial charge on any atom is -0.378 e. The lowest BCUT2D eigenvalue weighted by Crippen LogP contribution is -2.68. The van der Waals surface area contributed by atoms with Crippen molar-refractivity contribution in [1.29, 1.82) is 0 Å². The second-order valence-corrected chi connectivity index (χ2v) is 9.77. The second kappa shape index (κ2) is 7.82. The van der Waals surface area contributed by atoms with Gasteiger partial charge < -0.3 is 14.5 Å². The number of anilines is 2. The van der Waals surface area contributed by atoms with Crippen LogP contribution in [0.1, 0.15) is 78.5 Å². The van der Waals surface area contributed by atoms with Gasteiger partial charge in [-0.25, -0.2) is 0 Å². The Bertz CT molecular complexity index is 756. The van der Waals surface area contributed by atoms with Crippen molar-refractivity contribution in [3.05, 3.63) is 5.82 Å². The molecule has 2 fully saturated rings. The molecule has 0 aromatic carbocycles. The third-order valence-electron chi connectivity index (χ3n) is 6.67. The van der Waals surface area contributed by atoms with Gasteiger partial charge in [0.25, 0.3) is 0 Å². The maximum atomic E-state index is 5.51. The molecular formula is C22H36N6O. The summed E-state index contributed by atoms with van der Waals surface area (Å²) in [7, 11) is 0. The van der Waals surface area contributed by atoms with E-state index in [1.165, 1.54) is 19.3 Å². The minimum atomic E-state index is -0.122. The van der Waals surface area contributed by atoms with E-state index < -0.39 is 0 Å². The first-order valence-electron chi connectivity index (χ1n) is 11.3. The highest BCUT2D eigenvalue weighted by molar-refractivity contribution is 5.59. The zero-order valence-corrected chi connectivity index (χ0v) is 18.7. The Labute approximate surface area is 175 Å². The van der Waals surface area contributed by atoms with Gasteiger partial charge >= 0.3 is 0 Å². The van der Waals surface area contributed by atoms with Gasteiger partial charge in [0.1, 0.15) is 5.82 Å². The van der Waals surface area contributed by atoms with E-state index in [0.29, 0.717) is 0 Å². The highest BCUT2D eigenvalue weighted by Crippen LogP contribution is 2.51. The minimum absolute atomic E-state index is 0.0628. The van der Waals surface area contributed by atoms with E-state index in [4.69, 9.17) is 24.7 Å². The Balaban J connectivity index is 1.69. The normalized spacial score (nSPS) is 27.5. The van der Waals surface area contributed by atoms with Gasteiger partial charge in [0.2, 0.25) is 11.9 Å². The van der Waals surface area contributed by atoms with Crippen molar-refractivity contribution in [1.82, 2.24) is 15.0 Å². The Hall–Kier alpha value is -1.76. The Morgan fingerprint density at radius 3 is 2.52 bits per heavy atom. The molecule has 4 heterocycles. The fraction of sp³-hybridized carbons (Fsp3) is 0.818. The number of aliphatic imine (C=N–C) groups is 1. The Morgan fingerprint density at radius 1 is 1.07 bits per heavy atom. The van der Waals surface area contributed by atoms with E-state index in [0.717, 1.165) is 56.9 Å². The van der Waals surface area contributed by atoms with Gasteiger partial charge in [0.05, 0.1) is 30.7 Å². The molecule has 1 aromatic rings. The van der Waals surface area contributed by atoms with Crippen LogP contribution in [0.3, 0.4) is 0 Å². The first-order valence-corrected chi connectivity index (χ1v) is 11.3. The van der Waals surface area contributed by atoms with E-state index >= 15 is 0 Å². The number of unbranched alkanes of at least 4 members (excludes halogenated alkanes) is 3. The summed E-state index contributed by atoms with van der Waals surface area (Å²) in [6.45, 7) is 14.6. The summed E-state index contributed by atoms with van der Waals surface area (Å²) >= 11 is 0. The van der Waals surface area contributed by atoms with Crippen LogP contribution in [0, 0.1) is 0 Å². The van der Waals surface area contributed by atoms with Gasteiger partial charge in [0, 0.05) is 18.6 Å². The molecule has 0 aliphatic carbocycles. The van der Waals surface area contributed by atoms with E-state index in [-0.39, 0.29) is 23.0 Å². The highest BCUT2D eigenvalue weighted by atomic mass is 16.5. The van der Waals surface area contributed by atoms with E-state index in [2.05, 4.69) is 50.6 Å². The molecule has 160 valence electrons. The maximum Gasteiger partial charge on any atom is 0.231 e. The van der Waals surface area contributed by atoms with E-state index in [9.17, 15) is 0 Å². The first-order chi connectivity index (χ1) is 13.8. The van der Waals surface area contributed by atoms with Crippen LogP contribution in [0.5, 0.6) is 0 Å². The molecule has 4 rings (SSSR count). The van der Waals surface area contributed by atoms with Gasteiger partial charge in [-0.05, 0) is 53.2 Å². The van der Waals surface area contributed by atoms with Crippen molar-refractivity contribution in [3.63, 3.8) is 0 Å². The van der Waals surface area contributed by atoms with E-state index in [1.54, 1.807) is 0 Å². The summed E-state index contributed by atoms with van der Waals surface area (Å²) in [5.41, 5.74) is -0.185. The fourth-order valence-electron chi connectivity index (χ4n) is 5.47. The number of nitrogens with zero attached hydrogens (tertiary/aromatic N) is 6. The predicted molar refractivity (Wildman–Crippen MR) is 117 cm³/mol. The molecule has 0 spiro atoms. The number of piperidine rings is 1. The van der Waals surface area contributed by atoms with Crippen LogP contribution in [0.25, 0.3) is 0 Å². The van der Waals surface area contributed by atoms with Gasteiger partial charge in [-0.15, -0.1) is 0 Å². The monoisotopic (exact) mass is 400 g/mol.